The number of aromatic nitrogens is 1. The number of rotatable bonds is 3. The molecule has 1 N–H and O–H groups in total. The molecule has 1 heterocycles. The molecule has 0 fully saturated rings. The normalized spacial score (nSPS) is 10.5. The standard InChI is InChI=1S/C17H11ClN2O/c18-9-15(21)16-13-8-11(10-19)6-7-14(13)20-17(16)12-4-2-1-3-5-12/h1-8,20H,9H2. The van der Waals surface area contributed by atoms with Crippen molar-refractivity contribution in [2.45, 2.75) is 0 Å². The van der Waals surface area contributed by atoms with Crippen molar-refractivity contribution in [3.05, 3.63) is 59.7 Å². The number of aromatic amines is 1. The van der Waals surface area contributed by atoms with Gasteiger partial charge in [-0.25, -0.2) is 0 Å². The Morgan fingerprint density at radius 3 is 2.62 bits per heavy atom. The van der Waals surface area contributed by atoms with Crippen LogP contribution in [-0.2, 0) is 0 Å². The van der Waals surface area contributed by atoms with Gasteiger partial charge in [-0.3, -0.25) is 4.79 Å². The molecule has 21 heavy (non-hydrogen) atoms. The second-order valence-electron chi connectivity index (χ2n) is 4.67. The highest BCUT2D eigenvalue weighted by Gasteiger charge is 2.19. The second-order valence-corrected chi connectivity index (χ2v) is 4.94. The number of carbonyl (C=O) groups is 1. The molecule has 0 saturated carbocycles. The van der Waals surface area contributed by atoms with Gasteiger partial charge in [-0.05, 0) is 23.8 Å². The molecule has 0 atom stereocenters. The van der Waals surface area contributed by atoms with Gasteiger partial charge in [-0.1, -0.05) is 30.3 Å². The maximum atomic E-state index is 12.2. The third kappa shape index (κ3) is 2.31. The van der Waals surface area contributed by atoms with Crippen molar-refractivity contribution < 1.29 is 4.79 Å². The number of halogens is 1. The van der Waals surface area contributed by atoms with Crippen molar-refractivity contribution in [1.82, 2.24) is 4.98 Å². The average molecular weight is 295 g/mol. The number of ketones is 1. The van der Waals surface area contributed by atoms with Gasteiger partial charge in [0, 0.05) is 10.9 Å². The van der Waals surface area contributed by atoms with Gasteiger partial charge in [0.15, 0.2) is 5.78 Å². The molecule has 0 radical (unpaired) electrons. The van der Waals surface area contributed by atoms with E-state index < -0.39 is 0 Å². The minimum absolute atomic E-state index is 0.0937. The molecule has 102 valence electrons. The van der Waals surface area contributed by atoms with E-state index >= 15 is 0 Å². The zero-order valence-electron chi connectivity index (χ0n) is 11.1. The van der Waals surface area contributed by atoms with Gasteiger partial charge < -0.3 is 4.98 Å². The first kappa shape index (κ1) is 13.4. The zero-order valence-corrected chi connectivity index (χ0v) is 11.8. The Kier molecular flexibility index (Phi) is 3.47. The number of Topliss-reactive ketones (excluding diaryl/α,β-unsaturated/α-hetero) is 1. The number of nitrogens with zero attached hydrogens (tertiary/aromatic N) is 1. The molecular formula is C17H11ClN2O. The summed E-state index contributed by atoms with van der Waals surface area (Å²) in [7, 11) is 0. The van der Waals surface area contributed by atoms with Crippen molar-refractivity contribution in [2.75, 3.05) is 5.88 Å². The van der Waals surface area contributed by atoms with Gasteiger partial charge in [-0.2, -0.15) is 5.26 Å². The van der Waals surface area contributed by atoms with Crippen LogP contribution >= 0.6 is 11.6 Å². The summed E-state index contributed by atoms with van der Waals surface area (Å²) in [5, 5.41) is 9.77. The molecule has 2 aromatic carbocycles. The Morgan fingerprint density at radius 2 is 1.95 bits per heavy atom. The molecule has 0 aliphatic carbocycles. The molecule has 0 spiro atoms. The number of carbonyl (C=O) groups excluding carboxylic acids is 1. The highest BCUT2D eigenvalue weighted by Crippen LogP contribution is 2.31. The van der Waals surface area contributed by atoms with E-state index in [0.29, 0.717) is 11.1 Å². The van der Waals surface area contributed by atoms with E-state index in [1.54, 1.807) is 12.1 Å². The van der Waals surface area contributed by atoms with E-state index in [1.165, 1.54) is 0 Å². The van der Waals surface area contributed by atoms with E-state index in [2.05, 4.69) is 11.1 Å². The molecule has 4 heteroatoms. The lowest BCUT2D eigenvalue weighted by Gasteiger charge is -2.02. The Balaban J connectivity index is 2.34. The van der Waals surface area contributed by atoms with Crippen LogP contribution in [0.25, 0.3) is 22.2 Å². The fourth-order valence-corrected chi connectivity index (χ4v) is 2.57. The summed E-state index contributed by atoms with van der Waals surface area (Å²) in [5.74, 6) is -0.249. The first-order valence-corrected chi connectivity index (χ1v) is 6.98. The highest BCUT2D eigenvalue weighted by molar-refractivity contribution is 6.33. The lowest BCUT2D eigenvalue weighted by Crippen LogP contribution is -2.01. The van der Waals surface area contributed by atoms with Crippen LogP contribution in [0.3, 0.4) is 0 Å². The summed E-state index contributed by atoms with van der Waals surface area (Å²) in [5.41, 5.74) is 3.54. The quantitative estimate of drug-likeness (QED) is 0.583. The van der Waals surface area contributed by atoms with Gasteiger partial charge in [0.25, 0.3) is 0 Å². The summed E-state index contributed by atoms with van der Waals surface area (Å²) in [6.07, 6.45) is 0. The van der Waals surface area contributed by atoms with Crippen LogP contribution in [0.5, 0.6) is 0 Å². The fraction of sp³-hybridized carbons (Fsp3) is 0.0588. The number of nitrogens with one attached hydrogen (secondary N) is 1. The first-order chi connectivity index (χ1) is 10.2. The molecule has 0 aliphatic heterocycles. The molecule has 0 amide bonds. The van der Waals surface area contributed by atoms with Gasteiger partial charge in [0.1, 0.15) is 0 Å². The van der Waals surface area contributed by atoms with Gasteiger partial charge >= 0.3 is 0 Å². The summed E-state index contributed by atoms with van der Waals surface area (Å²) in [4.78, 5) is 15.5. The van der Waals surface area contributed by atoms with Crippen molar-refractivity contribution in [2.24, 2.45) is 0 Å². The Bertz CT molecular complexity index is 860. The van der Waals surface area contributed by atoms with Crippen LogP contribution < -0.4 is 0 Å². The number of alkyl halides is 1. The van der Waals surface area contributed by atoms with Crippen LogP contribution in [0.15, 0.2) is 48.5 Å². The van der Waals surface area contributed by atoms with Crippen LogP contribution in [0.2, 0.25) is 0 Å². The predicted octanol–water partition coefficient (Wildman–Crippen LogP) is 4.13. The molecule has 3 nitrogen and oxygen atoms in total. The summed E-state index contributed by atoms with van der Waals surface area (Å²) >= 11 is 5.75. The molecule has 1 aromatic heterocycles. The van der Waals surface area contributed by atoms with Gasteiger partial charge in [-0.15, -0.1) is 11.6 Å². The summed E-state index contributed by atoms with van der Waals surface area (Å²) in [6, 6.07) is 17.0. The van der Waals surface area contributed by atoms with Gasteiger partial charge in [0.05, 0.1) is 28.8 Å². The zero-order chi connectivity index (χ0) is 14.8. The van der Waals surface area contributed by atoms with E-state index in [4.69, 9.17) is 16.9 Å². The molecule has 3 aromatic rings. The molecule has 3 rings (SSSR count). The maximum Gasteiger partial charge on any atom is 0.180 e. The number of hydrogen-bond acceptors (Lipinski definition) is 2. The largest absolute Gasteiger partial charge is 0.354 e. The molecule has 0 saturated heterocycles. The van der Waals surface area contributed by atoms with Crippen LogP contribution in [0, 0.1) is 11.3 Å². The molecule has 0 bridgehead atoms. The van der Waals surface area contributed by atoms with E-state index in [-0.39, 0.29) is 11.7 Å². The molecule has 0 unspecified atom stereocenters. The number of benzene rings is 2. The lowest BCUT2D eigenvalue weighted by atomic mass is 10.0. The maximum absolute atomic E-state index is 12.2. The fourth-order valence-electron chi connectivity index (χ4n) is 2.44. The van der Waals surface area contributed by atoms with Crippen molar-refractivity contribution in [3.63, 3.8) is 0 Å². The monoisotopic (exact) mass is 294 g/mol. The van der Waals surface area contributed by atoms with Crippen molar-refractivity contribution in [3.8, 4) is 17.3 Å². The topological polar surface area (TPSA) is 56.6 Å². The first-order valence-electron chi connectivity index (χ1n) is 6.45. The Morgan fingerprint density at radius 1 is 1.19 bits per heavy atom. The Labute approximate surface area is 126 Å². The Hall–Kier alpha value is -2.57. The number of H-pyrrole nitrogens is 1. The third-order valence-corrected chi connectivity index (χ3v) is 3.63. The predicted molar refractivity (Wildman–Crippen MR) is 83.5 cm³/mol. The van der Waals surface area contributed by atoms with E-state index in [0.717, 1.165) is 22.2 Å². The number of fused-ring (bicyclic) bond motifs is 1. The van der Waals surface area contributed by atoms with Crippen LogP contribution in [0.4, 0.5) is 0 Å². The van der Waals surface area contributed by atoms with Crippen molar-refractivity contribution >= 4 is 28.3 Å². The van der Waals surface area contributed by atoms with Crippen molar-refractivity contribution in [1.29, 1.82) is 5.26 Å². The highest BCUT2D eigenvalue weighted by atomic mass is 35.5. The smallest absolute Gasteiger partial charge is 0.180 e. The summed E-state index contributed by atoms with van der Waals surface area (Å²) in [6.45, 7) is 0. The molecular weight excluding hydrogens is 284 g/mol. The third-order valence-electron chi connectivity index (χ3n) is 3.39. The van der Waals surface area contributed by atoms with E-state index in [1.807, 2.05) is 36.4 Å². The summed E-state index contributed by atoms with van der Waals surface area (Å²) < 4.78 is 0. The average Bonchev–Trinajstić information content (AvgIpc) is 2.93. The number of nitriles is 1. The SMILES string of the molecule is N#Cc1ccc2[nH]c(-c3ccccc3)c(C(=O)CCl)c2c1. The molecule has 0 aliphatic rings. The number of hydrogen-bond donors (Lipinski definition) is 1. The minimum Gasteiger partial charge on any atom is -0.354 e. The minimum atomic E-state index is -0.156. The van der Waals surface area contributed by atoms with Crippen LogP contribution in [-0.4, -0.2) is 16.6 Å². The second kappa shape index (κ2) is 5.43. The van der Waals surface area contributed by atoms with Gasteiger partial charge in [0.2, 0.25) is 0 Å². The van der Waals surface area contributed by atoms with Crippen LogP contribution in [0.1, 0.15) is 15.9 Å². The lowest BCUT2D eigenvalue weighted by molar-refractivity contribution is 0.102. The van der Waals surface area contributed by atoms with E-state index in [9.17, 15) is 4.79 Å².